The van der Waals surface area contributed by atoms with Gasteiger partial charge in [-0.2, -0.15) is 0 Å². The minimum Gasteiger partial charge on any atom is -0.497 e. The van der Waals surface area contributed by atoms with Crippen molar-refractivity contribution >= 4 is 16.7 Å². The second-order valence-corrected chi connectivity index (χ2v) is 6.16. The van der Waals surface area contributed by atoms with Crippen LogP contribution < -0.4 is 10.2 Å². The molecule has 0 unspecified atom stereocenters. The van der Waals surface area contributed by atoms with E-state index in [2.05, 4.69) is 5.48 Å². The van der Waals surface area contributed by atoms with Crippen molar-refractivity contribution in [1.82, 2.24) is 5.48 Å². The van der Waals surface area contributed by atoms with Crippen LogP contribution in [0.3, 0.4) is 0 Å². The van der Waals surface area contributed by atoms with Crippen LogP contribution in [-0.2, 0) is 16.2 Å². The monoisotopic (exact) mass is 317 g/mol. The normalized spacial score (nSPS) is 11.5. The van der Waals surface area contributed by atoms with Gasteiger partial charge in [0, 0.05) is 6.42 Å². The SMILES string of the molecule is COc1ccc2cc(CNOC(=O)CCC(C)(C)O)ccc2c1. The largest absolute Gasteiger partial charge is 0.497 e. The first-order chi connectivity index (χ1) is 10.9. The van der Waals surface area contributed by atoms with Gasteiger partial charge >= 0.3 is 5.97 Å². The van der Waals surface area contributed by atoms with Crippen LogP contribution >= 0.6 is 0 Å². The molecule has 0 fully saturated rings. The van der Waals surface area contributed by atoms with E-state index in [1.807, 2.05) is 36.4 Å². The smallest absolute Gasteiger partial charge is 0.324 e. The first kappa shape index (κ1) is 17.2. The molecule has 2 aromatic rings. The second-order valence-electron chi connectivity index (χ2n) is 6.16. The molecule has 0 heterocycles. The molecule has 0 aromatic heterocycles. The van der Waals surface area contributed by atoms with E-state index in [1.54, 1.807) is 21.0 Å². The molecule has 2 N–H and O–H groups in total. The fourth-order valence-electron chi connectivity index (χ4n) is 2.17. The van der Waals surface area contributed by atoms with Crippen LogP contribution in [-0.4, -0.2) is 23.8 Å². The molecule has 0 aliphatic rings. The van der Waals surface area contributed by atoms with Gasteiger partial charge in [0.2, 0.25) is 0 Å². The van der Waals surface area contributed by atoms with Gasteiger partial charge in [-0.3, -0.25) is 4.79 Å². The fraction of sp³-hybridized carbons (Fsp3) is 0.389. The summed E-state index contributed by atoms with van der Waals surface area (Å²) in [4.78, 5) is 16.5. The summed E-state index contributed by atoms with van der Waals surface area (Å²) in [7, 11) is 1.64. The van der Waals surface area contributed by atoms with Crippen molar-refractivity contribution in [3.63, 3.8) is 0 Å². The van der Waals surface area contributed by atoms with Crippen molar-refractivity contribution in [3.8, 4) is 5.75 Å². The van der Waals surface area contributed by atoms with Crippen molar-refractivity contribution in [2.75, 3.05) is 7.11 Å². The molecule has 0 aliphatic heterocycles. The zero-order chi connectivity index (χ0) is 16.9. The molecule has 5 nitrogen and oxygen atoms in total. The maximum Gasteiger partial charge on any atom is 0.324 e. The number of hydrogen-bond donors (Lipinski definition) is 2. The van der Waals surface area contributed by atoms with Gasteiger partial charge in [-0.1, -0.05) is 18.2 Å². The Balaban J connectivity index is 1.86. The van der Waals surface area contributed by atoms with E-state index in [9.17, 15) is 9.90 Å². The Morgan fingerprint density at radius 2 is 1.87 bits per heavy atom. The summed E-state index contributed by atoms with van der Waals surface area (Å²) < 4.78 is 5.20. The van der Waals surface area contributed by atoms with E-state index in [1.165, 1.54) is 0 Å². The van der Waals surface area contributed by atoms with Crippen molar-refractivity contribution < 1.29 is 19.5 Å². The van der Waals surface area contributed by atoms with Gasteiger partial charge in [-0.15, -0.1) is 5.48 Å². The van der Waals surface area contributed by atoms with Crippen LogP contribution in [0.2, 0.25) is 0 Å². The molecule has 0 aliphatic carbocycles. The van der Waals surface area contributed by atoms with Gasteiger partial charge < -0.3 is 14.7 Å². The summed E-state index contributed by atoms with van der Waals surface area (Å²) in [6.07, 6.45) is 0.541. The van der Waals surface area contributed by atoms with Gasteiger partial charge in [0.05, 0.1) is 19.3 Å². The number of rotatable bonds is 7. The zero-order valence-electron chi connectivity index (χ0n) is 13.8. The van der Waals surface area contributed by atoms with E-state index in [-0.39, 0.29) is 12.4 Å². The Labute approximate surface area is 136 Å². The Morgan fingerprint density at radius 1 is 1.17 bits per heavy atom. The molecular weight excluding hydrogens is 294 g/mol. The Kier molecular flexibility index (Phi) is 5.58. The number of carbonyl (C=O) groups excluding carboxylic acids is 1. The Hall–Kier alpha value is -2.11. The van der Waals surface area contributed by atoms with Gasteiger partial charge in [0.25, 0.3) is 0 Å². The molecule has 0 bridgehead atoms. The number of nitrogens with one attached hydrogen (secondary N) is 1. The highest BCUT2D eigenvalue weighted by atomic mass is 16.7. The number of benzene rings is 2. The molecule has 5 heteroatoms. The lowest BCUT2D eigenvalue weighted by molar-refractivity contribution is -0.152. The lowest BCUT2D eigenvalue weighted by atomic mass is 10.0. The highest BCUT2D eigenvalue weighted by molar-refractivity contribution is 5.84. The zero-order valence-corrected chi connectivity index (χ0v) is 13.8. The maximum atomic E-state index is 11.6. The molecule has 124 valence electrons. The summed E-state index contributed by atoms with van der Waals surface area (Å²) in [6.45, 7) is 3.76. The molecule has 23 heavy (non-hydrogen) atoms. The molecule has 2 aromatic carbocycles. The van der Waals surface area contributed by atoms with Gasteiger partial charge in [-0.25, -0.2) is 0 Å². The van der Waals surface area contributed by atoms with Crippen molar-refractivity contribution in [2.45, 2.75) is 38.8 Å². The summed E-state index contributed by atoms with van der Waals surface area (Å²) >= 11 is 0. The minimum atomic E-state index is -0.863. The summed E-state index contributed by atoms with van der Waals surface area (Å²) in [5.41, 5.74) is 2.82. The topological polar surface area (TPSA) is 67.8 Å². The third-order valence-corrected chi connectivity index (χ3v) is 3.52. The Bertz CT molecular complexity index is 676. The summed E-state index contributed by atoms with van der Waals surface area (Å²) in [5, 5.41) is 11.8. The summed E-state index contributed by atoms with van der Waals surface area (Å²) in [6, 6.07) is 11.9. The van der Waals surface area contributed by atoms with Gasteiger partial charge in [0.15, 0.2) is 0 Å². The lowest BCUT2D eigenvalue weighted by Gasteiger charge is -2.15. The third kappa shape index (κ3) is 5.54. The minimum absolute atomic E-state index is 0.175. The van der Waals surface area contributed by atoms with Gasteiger partial charge in [0.1, 0.15) is 5.75 Å². The van der Waals surface area contributed by atoms with Crippen LogP contribution in [0.4, 0.5) is 0 Å². The van der Waals surface area contributed by atoms with Crippen LogP contribution in [0.5, 0.6) is 5.75 Å². The van der Waals surface area contributed by atoms with E-state index >= 15 is 0 Å². The number of methoxy groups -OCH3 is 1. The van der Waals surface area contributed by atoms with Crippen molar-refractivity contribution in [2.24, 2.45) is 0 Å². The molecule has 0 saturated heterocycles. The van der Waals surface area contributed by atoms with Crippen molar-refractivity contribution in [3.05, 3.63) is 42.0 Å². The highest BCUT2D eigenvalue weighted by Gasteiger charge is 2.15. The Morgan fingerprint density at radius 3 is 2.57 bits per heavy atom. The molecule has 0 saturated carbocycles. The molecular formula is C18H23NO4. The number of fused-ring (bicyclic) bond motifs is 1. The fourth-order valence-corrected chi connectivity index (χ4v) is 2.17. The van der Waals surface area contributed by atoms with E-state index < -0.39 is 5.60 Å². The second kappa shape index (κ2) is 7.44. The summed E-state index contributed by atoms with van der Waals surface area (Å²) in [5.74, 6) is 0.446. The maximum absolute atomic E-state index is 11.6. The van der Waals surface area contributed by atoms with Gasteiger partial charge in [-0.05, 0) is 54.8 Å². The molecule has 2 rings (SSSR count). The molecule has 0 radical (unpaired) electrons. The predicted molar refractivity (Wildman–Crippen MR) is 89.0 cm³/mol. The number of aliphatic hydroxyl groups is 1. The standard InChI is InChI=1S/C18H23NO4/c1-18(2,21)9-8-17(20)23-19-12-13-4-5-15-11-16(22-3)7-6-14(15)10-13/h4-7,10-11,19,21H,8-9,12H2,1-3H3. The average molecular weight is 317 g/mol. The molecule has 0 spiro atoms. The van der Waals surface area contributed by atoms with Crippen LogP contribution in [0.25, 0.3) is 10.8 Å². The number of ether oxygens (including phenoxy) is 1. The van der Waals surface area contributed by atoms with Crippen molar-refractivity contribution in [1.29, 1.82) is 0 Å². The van der Waals surface area contributed by atoms with Crippen LogP contribution in [0.15, 0.2) is 36.4 Å². The first-order valence-corrected chi connectivity index (χ1v) is 7.59. The quantitative estimate of drug-likeness (QED) is 0.769. The number of hydroxylamine groups is 1. The molecule has 0 amide bonds. The third-order valence-electron chi connectivity index (χ3n) is 3.52. The van der Waals surface area contributed by atoms with E-state index in [4.69, 9.17) is 9.57 Å². The number of carbonyl (C=O) groups is 1. The number of hydrogen-bond acceptors (Lipinski definition) is 5. The van der Waals surface area contributed by atoms with Crippen LogP contribution in [0.1, 0.15) is 32.3 Å². The molecule has 0 atom stereocenters. The highest BCUT2D eigenvalue weighted by Crippen LogP contribution is 2.21. The van der Waals surface area contributed by atoms with E-state index in [0.29, 0.717) is 13.0 Å². The first-order valence-electron chi connectivity index (χ1n) is 7.59. The van der Waals surface area contributed by atoms with E-state index in [0.717, 1.165) is 22.1 Å². The van der Waals surface area contributed by atoms with Crippen LogP contribution in [0, 0.1) is 0 Å². The predicted octanol–water partition coefficient (Wildman–Crippen LogP) is 2.95. The average Bonchev–Trinajstić information content (AvgIpc) is 2.51. The lowest BCUT2D eigenvalue weighted by Crippen LogP contribution is -2.24.